The lowest BCUT2D eigenvalue weighted by atomic mass is 9.84. The van der Waals surface area contributed by atoms with Crippen LogP contribution < -0.4 is 5.32 Å². The van der Waals surface area contributed by atoms with Crippen LogP contribution in [0.4, 0.5) is 0 Å². The van der Waals surface area contributed by atoms with Crippen LogP contribution in [-0.2, 0) is 6.54 Å². The number of hydrogen-bond acceptors (Lipinski definition) is 3. The number of nitrogens with one attached hydrogen (secondary N) is 1. The maximum absolute atomic E-state index is 5.86. The third-order valence-electron chi connectivity index (χ3n) is 3.43. The van der Waals surface area contributed by atoms with Gasteiger partial charge in [0.05, 0.1) is 6.20 Å². The van der Waals surface area contributed by atoms with Crippen molar-refractivity contribution in [2.24, 2.45) is 5.92 Å². The van der Waals surface area contributed by atoms with Gasteiger partial charge in [0.25, 0.3) is 0 Å². The molecule has 0 spiro atoms. The van der Waals surface area contributed by atoms with E-state index >= 15 is 0 Å². The molecule has 4 heteroatoms. The molecule has 1 aromatic rings. The molecule has 1 heterocycles. The number of aromatic nitrogens is 1. The van der Waals surface area contributed by atoms with Crippen LogP contribution >= 0.6 is 22.9 Å². The average molecular weight is 259 g/mol. The summed E-state index contributed by atoms with van der Waals surface area (Å²) in [5, 5.41) is 4.71. The monoisotopic (exact) mass is 258 g/mol. The quantitative estimate of drug-likeness (QED) is 0.887. The van der Waals surface area contributed by atoms with Crippen molar-refractivity contribution < 1.29 is 0 Å². The summed E-state index contributed by atoms with van der Waals surface area (Å²) >= 11 is 7.43. The second-order valence-corrected chi connectivity index (χ2v) is 6.32. The summed E-state index contributed by atoms with van der Waals surface area (Å²) in [6.07, 6.45) is 8.48. The summed E-state index contributed by atoms with van der Waals surface area (Å²) in [7, 11) is 0. The van der Waals surface area contributed by atoms with Crippen LogP contribution in [0.25, 0.3) is 0 Å². The molecule has 0 amide bonds. The van der Waals surface area contributed by atoms with Crippen molar-refractivity contribution in [1.29, 1.82) is 0 Å². The predicted octanol–water partition coefficient (Wildman–Crippen LogP) is 3.85. The molecule has 2 unspecified atom stereocenters. The van der Waals surface area contributed by atoms with Crippen molar-refractivity contribution in [2.75, 3.05) is 0 Å². The second kappa shape index (κ2) is 5.99. The van der Waals surface area contributed by atoms with Crippen molar-refractivity contribution >= 4 is 22.9 Å². The lowest BCUT2D eigenvalue weighted by Gasteiger charge is -2.28. The summed E-state index contributed by atoms with van der Waals surface area (Å²) in [6, 6.07) is 0.682. The van der Waals surface area contributed by atoms with E-state index in [1.807, 2.05) is 0 Å². The highest BCUT2D eigenvalue weighted by molar-refractivity contribution is 7.15. The van der Waals surface area contributed by atoms with E-state index in [1.54, 1.807) is 17.5 Å². The maximum Gasteiger partial charge on any atom is 0.113 e. The SMILES string of the molecule is CCC1CCCC(NCc2ncc(Cl)s2)C1. The Kier molecular flexibility index (Phi) is 4.62. The van der Waals surface area contributed by atoms with Crippen LogP contribution in [0.5, 0.6) is 0 Å². The molecular formula is C12H19ClN2S. The lowest BCUT2D eigenvalue weighted by molar-refractivity contribution is 0.278. The van der Waals surface area contributed by atoms with E-state index < -0.39 is 0 Å². The van der Waals surface area contributed by atoms with Crippen LogP contribution in [0.3, 0.4) is 0 Å². The summed E-state index contributed by atoms with van der Waals surface area (Å²) in [5.74, 6) is 0.922. The fourth-order valence-corrected chi connectivity index (χ4v) is 3.36. The standard InChI is InChI=1S/C12H19ClN2S/c1-2-9-4-3-5-10(6-9)14-8-12-15-7-11(13)16-12/h7,9-10,14H,2-6,8H2,1H3. The van der Waals surface area contributed by atoms with Crippen molar-refractivity contribution in [3.8, 4) is 0 Å². The number of halogens is 1. The molecule has 1 saturated carbocycles. The van der Waals surface area contributed by atoms with E-state index in [-0.39, 0.29) is 0 Å². The van der Waals surface area contributed by atoms with Crippen LogP contribution in [0.15, 0.2) is 6.20 Å². The Morgan fingerprint density at radius 1 is 1.56 bits per heavy atom. The van der Waals surface area contributed by atoms with E-state index in [1.165, 1.54) is 32.1 Å². The minimum absolute atomic E-state index is 0.682. The topological polar surface area (TPSA) is 24.9 Å². The first-order valence-corrected chi connectivity index (χ1v) is 7.31. The highest BCUT2D eigenvalue weighted by Gasteiger charge is 2.20. The molecule has 1 aliphatic carbocycles. The molecule has 0 bridgehead atoms. The first-order chi connectivity index (χ1) is 7.78. The number of nitrogens with zero attached hydrogens (tertiary/aromatic N) is 1. The molecule has 0 aliphatic heterocycles. The molecule has 0 aromatic carbocycles. The van der Waals surface area contributed by atoms with Gasteiger partial charge in [0.1, 0.15) is 9.34 Å². The largest absolute Gasteiger partial charge is 0.308 e. The van der Waals surface area contributed by atoms with Gasteiger partial charge in [-0.2, -0.15) is 0 Å². The molecule has 1 aliphatic rings. The highest BCUT2D eigenvalue weighted by Crippen LogP contribution is 2.27. The Balaban J connectivity index is 1.77. The summed E-state index contributed by atoms with van der Waals surface area (Å²) in [5.41, 5.74) is 0. The van der Waals surface area contributed by atoms with Gasteiger partial charge in [0, 0.05) is 12.6 Å². The molecule has 16 heavy (non-hydrogen) atoms. The molecule has 2 atom stereocenters. The van der Waals surface area contributed by atoms with E-state index in [0.717, 1.165) is 21.8 Å². The van der Waals surface area contributed by atoms with Crippen molar-refractivity contribution in [3.63, 3.8) is 0 Å². The number of hydrogen-bond donors (Lipinski definition) is 1. The third-order valence-corrected chi connectivity index (χ3v) is 4.54. The van der Waals surface area contributed by atoms with Gasteiger partial charge in [0.15, 0.2) is 0 Å². The molecule has 90 valence electrons. The molecule has 0 radical (unpaired) electrons. The van der Waals surface area contributed by atoms with Crippen LogP contribution in [0, 0.1) is 5.92 Å². The van der Waals surface area contributed by atoms with Crippen molar-refractivity contribution in [2.45, 2.75) is 51.6 Å². The van der Waals surface area contributed by atoms with Gasteiger partial charge in [0.2, 0.25) is 0 Å². The van der Waals surface area contributed by atoms with Gasteiger partial charge in [-0.05, 0) is 18.8 Å². The van der Waals surface area contributed by atoms with E-state index in [9.17, 15) is 0 Å². The Bertz CT molecular complexity index is 327. The van der Waals surface area contributed by atoms with Gasteiger partial charge in [-0.3, -0.25) is 0 Å². The second-order valence-electron chi connectivity index (χ2n) is 4.58. The van der Waals surface area contributed by atoms with Crippen LogP contribution in [0.2, 0.25) is 4.34 Å². The molecule has 2 rings (SSSR count). The summed E-state index contributed by atoms with van der Waals surface area (Å²) < 4.78 is 0.784. The molecule has 1 N–H and O–H groups in total. The smallest absolute Gasteiger partial charge is 0.113 e. The molecule has 2 nitrogen and oxygen atoms in total. The Hall–Kier alpha value is -0.120. The maximum atomic E-state index is 5.86. The van der Waals surface area contributed by atoms with Crippen molar-refractivity contribution in [1.82, 2.24) is 10.3 Å². The zero-order chi connectivity index (χ0) is 11.4. The molecule has 0 saturated heterocycles. The minimum Gasteiger partial charge on any atom is -0.308 e. The van der Waals surface area contributed by atoms with Crippen molar-refractivity contribution in [3.05, 3.63) is 15.5 Å². The van der Waals surface area contributed by atoms with Gasteiger partial charge in [-0.15, -0.1) is 11.3 Å². The molecule has 1 aromatic heterocycles. The van der Waals surface area contributed by atoms with Gasteiger partial charge in [-0.25, -0.2) is 4.98 Å². The average Bonchev–Trinajstić information content (AvgIpc) is 2.73. The predicted molar refractivity (Wildman–Crippen MR) is 70.0 cm³/mol. The summed E-state index contributed by atoms with van der Waals surface area (Å²) in [4.78, 5) is 4.26. The number of thiazole rings is 1. The molecular weight excluding hydrogens is 240 g/mol. The first kappa shape index (κ1) is 12.3. The Morgan fingerprint density at radius 3 is 3.12 bits per heavy atom. The Labute approximate surface area is 106 Å². The fraction of sp³-hybridized carbons (Fsp3) is 0.750. The zero-order valence-electron chi connectivity index (χ0n) is 9.71. The molecule has 1 fully saturated rings. The van der Waals surface area contributed by atoms with E-state index in [2.05, 4.69) is 17.2 Å². The normalized spacial score (nSPS) is 25.9. The first-order valence-electron chi connectivity index (χ1n) is 6.11. The number of rotatable bonds is 4. The fourth-order valence-electron chi connectivity index (χ4n) is 2.45. The lowest BCUT2D eigenvalue weighted by Crippen LogP contribution is -2.33. The van der Waals surface area contributed by atoms with Gasteiger partial charge < -0.3 is 5.32 Å². The minimum atomic E-state index is 0.682. The third kappa shape index (κ3) is 3.44. The highest BCUT2D eigenvalue weighted by atomic mass is 35.5. The van der Waals surface area contributed by atoms with E-state index in [4.69, 9.17) is 11.6 Å². The van der Waals surface area contributed by atoms with Gasteiger partial charge >= 0.3 is 0 Å². The van der Waals surface area contributed by atoms with Crippen LogP contribution in [-0.4, -0.2) is 11.0 Å². The Morgan fingerprint density at radius 2 is 2.44 bits per heavy atom. The van der Waals surface area contributed by atoms with E-state index in [0.29, 0.717) is 6.04 Å². The summed E-state index contributed by atoms with van der Waals surface area (Å²) in [6.45, 7) is 3.17. The zero-order valence-corrected chi connectivity index (χ0v) is 11.3. The van der Waals surface area contributed by atoms with Gasteiger partial charge in [-0.1, -0.05) is 37.8 Å². The van der Waals surface area contributed by atoms with Crippen LogP contribution in [0.1, 0.15) is 44.0 Å².